The summed E-state index contributed by atoms with van der Waals surface area (Å²) in [5.74, 6) is -0.261. The van der Waals surface area contributed by atoms with Gasteiger partial charge in [-0.25, -0.2) is 0 Å². The molecule has 2 aromatic carbocycles. The zero-order chi connectivity index (χ0) is 21.8. The van der Waals surface area contributed by atoms with E-state index < -0.39 is 9.85 Å². The van der Waals surface area contributed by atoms with Crippen molar-refractivity contribution in [2.75, 3.05) is 13.1 Å². The number of carbonyl (C=O) groups excluding carboxylic acids is 1. The number of nitrogens with zero attached hydrogens (tertiary/aromatic N) is 3. The molecule has 1 heterocycles. The number of Topliss-reactive ketones (excluding diaryl/α,β-unsaturated/α-hetero) is 1. The summed E-state index contributed by atoms with van der Waals surface area (Å²) < 4.78 is 0. The summed E-state index contributed by atoms with van der Waals surface area (Å²) in [6, 6.07) is 12.6. The number of carbonyl (C=O) groups is 1. The molecule has 0 atom stereocenters. The third-order valence-electron chi connectivity index (χ3n) is 4.99. The number of hydrogen-bond acceptors (Lipinski definition) is 6. The molecular weight excluding hydrogens is 386 g/mol. The Labute approximate surface area is 173 Å². The minimum absolute atomic E-state index is 0.0799. The number of nitro groups is 2. The fourth-order valence-electron chi connectivity index (χ4n) is 3.36. The van der Waals surface area contributed by atoms with E-state index in [9.17, 15) is 25.0 Å². The normalized spacial score (nSPS) is 17.6. The van der Waals surface area contributed by atoms with Crippen LogP contribution < -0.4 is 0 Å². The Morgan fingerprint density at radius 2 is 1.23 bits per heavy atom. The summed E-state index contributed by atoms with van der Waals surface area (Å²) in [6.07, 6.45) is 3.09. The number of rotatable bonds is 5. The van der Waals surface area contributed by atoms with Crippen LogP contribution in [0.5, 0.6) is 0 Å². The van der Waals surface area contributed by atoms with Crippen molar-refractivity contribution in [2.45, 2.75) is 19.9 Å². The van der Waals surface area contributed by atoms with Gasteiger partial charge in [-0.05, 0) is 38.1 Å². The molecule has 0 amide bonds. The second kappa shape index (κ2) is 8.79. The molecule has 1 fully saturated rings. The molecule has 1 saturated heterocycles. The van der Waals surface area contributed by atoms with Gasteiger partial charge >= 0.3 is 0 Å². The van der Waals surface area contributed by atoms with Gasteiger partial charge in [0.2, 0.25) is 0 Å². The van der Waals surface area contributed by atoms with Gasteiger partial charge in [-0.3, -0.25) is 29.9 Å². The highest BCUT2D eigenvalue weighted by Crippen LogP contribution is 2.28. The molecule has 8 nitrogen and oxygen atoms in total. The first-order chi connectivity index (χ1) is 14.3. The van der Waals surface area contributed by atoms with Crippen molar-refractivity contribution in [3.05, 3.63) is 91.0 Å². The largest absolute Gasteiger partial charge is 0.292 e. The van der Waals surface area contributed by atoms with Crippen LogP contribution >= 0.6 is 0 Å². The van der Waals surface area contributed by atoms with Crippen LogP contribution in [0.2, 0.25) is 0 Å². The van der Waals surface area contributed by atoms with E-state index in [-0.39, 0.29) is 23.2 Å². The third-order valence-corrected chi connectivity index (χ3v) is 4.99. The van der Waals surface area contributed by atoms with E-state index in [1.54, 1.807) is 48.6 Å². The molecule has 0 aromatic heterocycles. The lowest BCUT2D eigenvalue weighted by atomic mass is 9.93. The highest BCUT2D eigenvalue weighted by atomic mass is 16.6. The van der Waals surface area contributed by atoms with Crippen LogP contribution in [0.1, 0.15) is 25.0 Å². The van der Waals surface area contributed by atoms with Crippen LogP contribution in [0.3, 0.4) is 0 Å². The van der Waals surface area contributed by atoms with E-state index in [1.807, 2.05) is 18.7 Å². The van der Waals surface area contributed by atoms with Gasteiger partial charge < -0.3 is 0 Å². The van der Waals surface area contributed by atoms with E-state index in [4.69, 9.17) is 0 Å². The van der Waals surface area contributed by atoms with E-state index in [1.165, 1.54) is 12.1 Å². The Kier molecular flexibility index (Phi) is 6.17. The monoisotopic (exact) mass is 407 g/mol. The molecule has 2 aromatic rings. The fraction of sp³-hybridized carbons (Fsp3) is 0.227. The van der Waals surface area contributed by atoms with Crippen molar-refractivity contribution in [2.24, 2.45) is 0 Å². The number of likely N-dealkylation sites (tertiary alicyclic amines) is 1. The Morgan fingerprint density at radius 1 is 0.833 bits per heavy atom. The summed E-state index contributed by atoms with van der Waals surface area (Å²) in [5, 5.41) is 22.7. The molecule has 0 saturated carbocycles. The van der Waals surface area contributed by atoms with Gasteiger partial charge in [-0.15, -0.1) is 0 Å². The predicted molar refractivity (Wildman–Crippen MR) is 114 cm³/mol. The molecule has 1 aliphatic rings. The highest BCUT2D eigenvalue weighted by Gasteiger charge is 2.29. The van der Waals surface area contributed by atoms with Gasteiger partial charge in [0.1, 0.15) is 0 Å². The smallest absolute Gasteiger partial charge is 0.276 e. The minimum atomic E-state index is -0.482. The van der Waals surface area contributed by atoms with Gasteiger partial charge in [0, 0.05) is 42.4 Å². The van der Waals surface area contributed by atoms with Crippen molar-refractivity contribution >= 4 is 29.3 Å². The average Bonchev–Trinajstić information content (AvgIpc) is 2.71. The van der Waals surface area contributed by atoms with E-state index in [0.29, 0.717) is 35.4 Å². The van der Waals surface area contributed by atoms with Crippen LogP contribution in [0, 0.1) is 20.2 Å². The van der Waals surface area contributed by atoms with Crippen LogP contribution in [0.4, 0.5) is 11.4 Å². The van der Waals surface area contributed by atoms with Gasteiger partial charge in [-0.2, -0.15) is 0 Å². The Balaban J connectivity index is 2.08. The first-order valence-corrected chi connectivity index (χ1v) is 9.44. The molecule has 8 heteroatoms. The lowest BCUT2D eigenvalue weighted by Gasteiger charge is -2.32. The summed E-state index contributed by atoms with van der Waals surface area (Å²) in [6.45, 7) is 4.66. The number of para-hydroxylation sites is 2. The lowest BCUT2D eigenvalue weighted by Crippen LogP contribution is -2.41. The van der Waals surface area contributed by atoms with Crippen molar-refractivity contribution in [1.29, 1.82) is 0 Å². The van der Waals surface area contributed by atoms with Crippen molar-refractivity contribution in [3.8, 4) is 0 Å². The number of nitro benzene ring substituents is 2. The molecule has 0 bridgehead atoms. The predicted octanol–water partition coefficient (Wildman–Crippen LogP) is 4.26. The molecule has 3 rings (SSSR count). The van der Waals surface area contributed by atoms with Crippen LogP contribution in [0.25, 0.3) is 12.2 Å². The number of piperidine rings is 1. The molecule has 154 valence electrons. The summed E-state index contributed by atoms with van der Waals surface area (Å²) in [4.78, 5) is 36.9. The first kappa shape index (κ1) is 21.1. The maximum atomic E-state index is 13.2. The van der Waals surface area contributed by atoms with Gasteiger partial charge in [0.15, 0.2) is 5.78 Å². The Hall–Kier alpha value is -3.65. The third kappa shape index (κ3) is 4.49. The van der Waals surface area contributed by atoms with Crippen molar-refractivity contribution in [3.63, 3.8) is 0 Å². The second-order valence-electron chi connectivity index (χ2n) is 7.30. The zero-order valence-corrected chi connectivity index (χ0v) is 16.6. The molecule has 0 radical (unpaired) electrons. The summed E-state index contributed by atoms with van der Waals surface area (Å²) in [7, 11) is 0. The molecular formula is C22H21N3O5. The Bertz CT molecular complexity index is 992. The molecule has 30 heavy (non-hydrogen) atoms. The number of benzene rings is 2. The second-order valence-corrected chi connectivity index (χ2v) is 7.30. The quantitative estimate of drug-likeness (QED) is 0.416. The Morgan fingerprint density at radius 3 is 1.60 bits per heavy atom. The summed E-state index contributed by atoms with van der Waals surface area (Å²) >= 11 is 0. The van der Waals surface area contributed by atoms with Crippen LogP contribution in [-0.4, -0.2) is 39.7 Å². The van der Waals surface area contributed by atoms with Crippen molar-refractivity contribution in [1.82, 2.24) is 4.90 Å². The molecule has 0 spiro atoms. The van der Waals surface area contributed by atoms with Gasteiger partial charge in [0.25, 0.3) is 11.4 Å². The lowest BCUT2D eigenvalue weighted by molar-refractivity contribution is -0.385. The standard InChI is InChI=1S/C22H21N3O5/c1-15(2)23-13-18(11-16-7-3-5-9-20(16)24(27)28)22(26)19(14-23)12-17-8-4-6-10-21(17)25(29)30/h3-12,15H,13-14H2,1-2H3. The summed E-state index contributed by atoms with van der Waals surface area (Å²) in [5.41, 5.74) is 1.36. The minimum Gasteiger partial charge on any atom is -0.292 e. The molecule has 0 unspecified atom stereocenters. The van der Waals surface area contributed by atoms with Gasteiger partial charge in [0.05, 0.1) is 21.0 Å². The number of ketones is 1. The maximum Gasteiger partial charge on any atom is 0.276 e. The number of hydrogen-bond donors (Lipinski definition) is 0. The van der Waals surface area contributed by atoms with Crippen LogP contribution in [-0.2, 0) is 4.79 Å². The molecule has 1 aliphatic heterocycles. The van der Waals surface area contributed by atoms with Crippen molar-refractivity contribution < 1.29 is 14.6 Å². The zero-order valence-electron chi connectivity index (χ0n) is 16.6. The molecule has 0 N–H and O–H groups in total. The fourth-order valence-corrected chi connectivity index (χ4v) is 3.36. The maximum absolute atomic E-state index is 13.2. The van der Waals surface area contributed by atoms with Crippen LogP contribution in [0.15, 0.2) is 59.7 Å². The SMILES string of the molecule is CC(C)N1CC(=Cc2ccccc2[N+](=O)[O-])C(=O)C(=Cc2ccccc2[N+](=O)[O-])C1. The van der Waals surface area contributed by atoms with E-state index in [0.717, 1.165) is 0 Å². The van der Waals surface area contributed by atoms with Gasteiger partial charge in [-0.1, -0.05) is 24.3 Å². The average molecular weight is 407 g/mol. The molecule has 0 aliphatic carbocycles. The first-order valence-electron chi connectivity index (χ1n) is 9.44. The topological polar surface area (TPSA) is 107 Å². The highest BCUT2D eigenvalue weighted by molar-refractivity contribution is 6.15. The van der Waals surface area contributed by atoms with E-state index in [2.05, 4.69) is 0 Å². The van der Waals surface area contributed by atoms with E-state index >= 15 is 0 Å².